The molecule has 0 amide bonds. The summed E-state index contributed by atoms with van der Waals surface area (Å²) in [6, 6.07) is 5.86. The molecule has 2 heterocycles. The summed E-state index contributed by atoms with van der Waals surface area (Å²) in [4.78, 5) is 96.7. The van der Waals surface area contributed by atoms with E-state index in [9.17, 15) is 38.4 Å². The number of benzene rings is 1. The highest BCUT2D eigenvalue weighted by Gasteiger charge is 2.54. The van der Waals surface area contributed by atoms with Gasteiger partial charge in [-0.3, -0.25) is 38.4 Å². The Hall–Kier alpha value is -5.30. The normalized spacial score (nSPS) is 27.8. The van der Waals surface area contributed by atoms with Gasteiger partial charge in [-0.15, -0.1) is 0 Å². The molecular weight excluding hydrogens is 712 g/mol. The van der Waals surface area contributed by atoms with Gasteiger partial charge in [0.15, 0.2) is 30.5 Å². The molecule has 0 saturated carbocycles. The van der Waals surface area contributed by atoms with E-state index < -0.39 is 122 Å². The van der Waals surface area contributed by atoms with E-state index in [2.05, 4.69) is 0 Å². The van der Waals surface area contributed by atoms with Crippen LogP contribution < -0.4 is 4.74 Å². The van der Waals surface area contributed by atoms with Crippen molar-refractivity contribution in [1.29, 1.82) is 0 Å². The summed E-state index contributed by atoms with van der Waals surface area (Å²) in [5.41, 5.74) is 0.227. The zero-order valence-electron chi connectivity index (χ0n) is 30.3. The van der Waals surface area contributed by atoms with Crippen LogP contribution in [-0.4, -0.2) is 116 Å². The molecule has 0 spiro atoms. The number of hydrogen-bond donors (Lipinski definition) is 0. The van der Waals surface area contributed by atoms with Crippen LogP contribution in [0.15, 0.2) is 24.3 Å². The lowest BCUT2D eigenvalue weighted by molar-refractivity contribution is -0.288. The lowest BCUT2D eigenvalue weighted by Crippen LogP contribution is -2.63. The molecule has 3 rings (SSSR count). The van der Waals surface area contributed by atoms with E-state index in [0.717, 1.165) is 55.4 Å². The molecule has 292 valence electrons. The van der Waals surface area contributed by atoms with E-state index in [-0.39, 0.29) is 11.3 Å². The highest BCUT2D eigenvalue weighted by atomic mass is 16.7. The van der Waals surface area contributed by atoms with Crippen molar-refractivity contribution >= 4 is 47.8 Å². The average Bonchev–Trinajstić information content (AvgIpc) is 3.02. The minimum atomic E-state index is -1.60. The molecule has 53 heavy (non-hydrogen) atoms. The first-order valence-corrected chi connectivity index (χ1v) is 16.2. The molecule has 19 nitrogen and oxygen atoms in total. The van der Waals surface area contributed by atoms with Gasteiger partial charge in [-0.05, 0) is 17.7 Å². The van der Waals surface area contributed by atoms with Crippen LogP contribution in [0.4, 0.5) is 0 Å². The molecule has 0 aromatic heterocycles. The van der Waals surface area contributed by atoms with E-state index in [0.29, 0.717) is 0 Å². The topological polar surface area (TPSA) is 238 Å². The van der Waals surface area contributed by atoms with E-state index in [1.54, 1.807) is 0 Å². The highest BCUT2D eigenvalue weighted by molar-refractivity contribution is 5.70. The monoisotopic (exact) mass is 754 g/mol. The lowest BCUT2D eigenvalue weighted by atomic mass is 9.90. The van der Waals surface area contributed by atoms with Gasteiger partial charge in [-0.2, -0.15) is 0 Å². The second-order valence-corrected chi connectivity index (χ2v) is 11.9. The standard InChI is InChI=1S/C34H42O19/c1-15(35)43-13-25-28(45-17(3)37)31(48-20(6)40)30(47-19(5)39)27(52-25)23-10-9-11-24(12-23)51-34-33(50-22(8)42)32(49-21(7)41)29(46-18(4)38)26(53-34)14-44-16(2)36/h9-12,25-34H,13-14H2,1-8H3/t25-,26-,27-,28-,29-,30-,31-,32-,33-,34+/m1/s1. The summed E-state index contributed by atoms with van der Waals surface area (Å²) in [5, 5.41) is 0. The Morgan fingerprint density at radius 2 is 0.887 bits per heavy atom. The van der Waals surface area contributed by atoms with Crippen LogP contribution in [0.5, 0.6) is 5.75 Å². The molecule has 0 unspecified atom stereocenters. The number of rotatable bonds is 13. The van der Waals surface area contributed by atoms with Crippen molar-refractivity contribution in [3.63, 3.8) is 0 Å². The minimum Gasteiger partial charge on any atom is -0.463 e. The third kappa shape index (κ3) is 12.4. The average molecular weight is 755 g/mol. The number of carbonyl (C=O) groups excluding carboxylic acids is 8. The minimum absolute atomic E-state index is 0.00347. The molecular formula is C34H42O19. The third-order valence-corrected chi connectivity index (χ3v) is 7.38. The van der Waals surface area contributed by atoms with E-state index >= 15 is 0 Å². The second kappa shape index (κ2) is 19.0. The largest absolute Gasteiger partial charge is 0.463 e. The quantitative estimate of drug-likeness (QED) is 0.201. The van der Waals surface area contributed by atoms with Gasteiger partial charge < -0.3 is 52.1 Å². The van der Waals surface area contributed by atoms with Crippen LogP contribution >= 0.6 is 0 Å². The molecule has 0 radical (unpaired) electrons. The smallest absolute Gasteiger partial charge is 0.303 e. The van der Waals surface area contributed by atoms with Crippen molar-refractivity contribution in [2.24, 2.45) is 0 Å². The van der Waals surface area contributed by atoms with Gasteiger partial charge in [0, 0.05) is 55.4 Å². The van der Waals surface area contributed by atoms with Crippen molar-refractivity contribution in [1.82, 2.24) is 0 Å². The summed E-state index contributed by atoms with van der Waals surface area (Å²) < 4.78 is 61.4. The van der Waals surface area contributed by atoms with Crippen molar-refractivity contribution in [2.45, 2.75) is 117 Å². The van der Waals surface area contributed by atoms with E-state index in [1.807, 2.05) is 0 Å². The van der Waals surface area contributed by atoms with Crippen molar-refractivity contribution in [3.8, 4) is 5.75 Å². The van der Waals surface area contributed by atoms with Crippen LogP contribution in [0.1, 0.15) is 67.1 Å². The van der Waals surface area contributed by atoms with Gasteiger partial charge in [-0.25, -0.2) is 0 Å². The summed E-state index contributed by atoms with van der Waals surface area (Å²) in [6.45, 7) is 7.80. The second-order valence-electron chi connectivity index (χ2n) is 11.9. The maximum atomic E-state index is 12.3. The van der Waals surface area contributed by atoms with Crippen LogP contribution in [0, 0.1) is 0 Å². The Kier molecular flexibility index (Phi) is 15.1. The highest BCUT2D eigenvalue weighted by Crippen LogP contribution is 2.39. The zero-order valence-corrected chi connectivity index (χ0v) is 30.3. The molecule has 2 fully saturated rings. The lowest BCUT2D eigenvalue weighted by Gasteiger charge is -2.45. The Morgan fingerprint density at radius 1 is 0.491 bits per heavy atom. The molecule has 1 aromatic carbocycles. The van der Waals surface area contributed by atoms with Crippen LogP contribution in [0.2, 0.25) is 0 Å². The Bertz CT molecular complexity index is 1540. The fourth-order valence-corrected chi connectivity index (χ4v) is 5.68. The first kappa shape index (κ1) is 42.1. The predicted molar refractivity (Wildman–Crippen MR) is 170 cm³/mol. The first-order chi connectivity index (χ1) is 24.9. The SMILES string of the molecule is CC(=O)OC[C@H]1O[C@H](Oc2cccc([C@H]3O[C@H](COC(C)=O)[C@@H](OC(C)=O)[C@@H](OC(C)=O)[C@@H]3OC(C)=O)c2)[C@H](OC(C)=O)[C@H](OC(C)=O)[C@@H]1OC(C)=O. The molecule has 10 atom stereocenters. The maximum Gasteiger partial charge on any atom is 0.303 e. The summed E-state index contributed by atoms with van der Waals surface area (Å²) in [7, 11) is 0. The van der Waals surface area contributed by atoms with Crippen LogP contribution in [0.3, 0.4) is 0 Å². The van der Waals surface area contributed by atoms with E-state index in [4.69, 9.17) is 52.1 Å². The predicted octanol–water partition coefficient (Wildman–Crippen LogP) is 0.947. The van der Waals surface area contributed by atoms with Gasteiger partial charge in [0.05, 0.1) is 0 Å². The number of ether oxygens (including phenoxy) is 11. The van der Waals surface area contributed by atoms with Gasteiger partial charge in [-0.1, -0.05) is 12.1 Å². The van der Waals surface area contributed by atoms with Crippen LogP contribution in [-0.2, 0) is 85.7 Å². The molecule has 2 aliphatic rings. The van der Waals surface area contributed by atoms with E-state index in [1.165, 1.54) is 24.3 Å². The number of esters is 8. The fourth-order valence-electron chi connectivity index (χ4n) is 5.68. The van der Waals surface area contributed by atoms with Crippen LogP contribution in [0.25, 0.3) is 0 Å². The Labute approximate surface area is 303 Å². The van der Waals surface area contributed by atoms with Crippen molar-refractivity contribution < 1.29 is 90.5 Å². The van der Waals surface area contributed by atoms with Gasteiger partial charge in [0.25, 0.3) is 0 Å². The first-order valence-electron chi connectivity index (χ1n) is 16.2. The maximum absolute atomic E-state index is 12.3. The molecule has 0 N–H and O–H groups in total. The summed E-state index contributed by atoms with van der Waals surface area (Å²) >= 11 is 0. The number of carbonyl (C=O) groups is 8. The molecule has 2 aliphatic heterocycles. The van der Waals surface area contributed by atoms with Gasteiger partial charge >= 0.3 is 47.8 Å². The molecule has 19 heteroatoms. The molecule has 0 bridgehead atoms. The molecule has 0 aliphatic carbocycles. The fraction of sp³-hybridized carbons (Fsp3) is 0.588. The Balaban J connectivity index is 2.11. The van der Waals surface area contributed by atoms with Gasteiger partial charge in [0.2, 0.25) is 12.4 Å². The summed E-state index contributed by atoms with van der Waals surface area (Å²) in [6.07, 6.45) is -14.2. The number of hydrogen-bond acceptors (Lipinski definition) is 19. The third-order valence-electron chi connectivity index (χ3n) is 7.38. The van der Waals surface area contributed by atoms with Gasteiger partial charge in [0.1, 0.15) is 37.3 Å². The molecule has 2 saturated heterocycles. The van der Waals surface area contributed by atoms with Crippen molar-refractivity contribution in [3.05, 3.63) is 29.8 Å². The van der Waals surface area contributed by atoms with Crippen molar-refractivity contribution in [2.75, 3.05) is 13.2 Å². The Morgan fingerprint density at radius 3 is 1.34 bits per heavy atom. The summed E-state index contributed by atoms with van der Waals surface area (Å²) in [5.74, 6) is -6.36. The molecule has 1 aromatic rings. The zero-order chi connectivity index (χ0) is 39.6.